The van der Waals surface area contributed by atoms with E-state index in [4.69, 9.17) is 0 Å². The van der Waals surface area contributed by atoms with E-state index < -0.39 is 0 Å². The maximum Gasteiger partial charge on any atom is 0.243 e. The molecule has 1 saturated heterocycles. The molecule has 1 atom stereocenters. The number of likely N-dealkylation sites (N-methyl/N-ethyl adjacent to an activating group) is 1. The quantitative estimate of drug-likeness (QED) is 0.876. The molecule has 6 nitrogen and oxygen atoms in total. The molecule has 1 fully saturated rings. The number of aromatic nitrogens is 3. The number of amides is 1. The monoisotopic (exact) mass is 259 g/mol. The van der Waals surface area contributed by atoms with Gasteiger partial charge in [-0.25, -0.2) is 4.52 Å². The number of aryl methyl sites for hydroxylation is 1. The Kier molecular flexibility index (Phi) is 2.85. The number of nitrogens with one attached hydrogen (secondary N) is 1. The molecule has 3 rings (SSSR count). The third-order valence-electron chi connectivity index (χ3n) is 3.44. The molecule has 19 heavy (non-hydrogen) atoms. The number of carbonyl (C=O) groups excluding carboxylic acids is 1. The topological polar surface area (TPSA) is 62.5 Å². The Morgan fingerprint density at radius 2 is 2.26 bits per heavy atom. The summed E-state index contributed by atoms with van der Waals surface area (Å²) in [7, 11) is 1.83. The van der Waals surface area contributed by atoms with E-state index in [1.165, 1.54) is 0 Å². The average molecular weight is 259 g/mol. The predicted octanol–water partition coefficient (Wildman–Crippen LogP) is 1.07. The Bertz CT molecular complexity index is 621. The van der Waals surface area contributed by atoms with Gasteiger partial charge >= 0.3 is 0 Å². The van der Waals surface area contributed by atoms with Crippen LogP contribution < -0.4 is 5.32 Å². The lowest BCUT2D eigenvalue weighted by molar-refractivity contribution is -0.132. The fourth-order valence-electron chi connectivity index (χ4n) is 2.36. The summed E-state index contributed by atoms with van der Waals surface area (Å²) in [5, 5.41) is 7.71. The third kappa shape index (κ3) is 2.38. The number of rotatable bonds is 2. The van der Waals surface area contributed by atoms with Crippen molar-refractivity contribution in [2.24, 2.45) is 0 Å². The van der Waals surface area contributed by atoms with Crippen molar-refractivity contribution >= 4 is 17.5 Å². The first-order chi connectivity index (χ1) is 9.11. The molecule has 3 heterocycles. The Labute approximate surface area is 111 Å². The van der Waals surface area contributed by atoms with E-state index in [2.05, 4.69) is 15.4 Å². The molecule has 0 aromatic carbocycles. The van der Waals surface area contributed by atoms with E-state index in [1.54, 1.807) is 9.42 Å². The second-order valence-electron chi connectivity index (χ2n) is 5.10. The van der Waals surface area contributed by atoms with Crippen molar-refractivity contribution in [1.82, 2.24) is 19.5 Å². The lowest BCUT2D eigenvalue weighted by Gasteiger charge is -2.29. The summed E-state index contributed by atoms with van der Waals surface area (Å²) in [4.78, 5) is 17.6. The molecular weight excluding hydrogens is 242 g/mol. The van der Waals surface area contributed by atoms with Gasteiger partial charge in [-0.15, -0.1) is 5.10 Å². The molecule has 0 aliphatic carbocycles. The average Bonchev–Trinajstić information content (AvgIpc) is 2.75. The number of carbonyl (C=O) groups is 1. The molecule has 0 saturated carbocycles. The molecule has 0 radical (unpaired) electrons. The molecule has 1 N–H and O–H groups in total. The highest BCUT2D eigenvalue weighted by Crippen LogP contribution is 2.14. The second-order valence-corrected chi connectivity index (χ2v) is 5.10. The maximum atomic E-state index is 11.4. The predicted molar refractivity (Wildman–Crippen MR) is 72.0 cm³/mol. The van der Waals surface area contributed by atoms with Crippen LogP contribution >= 0.6 is 0 Å². The lowest BCUT2D eigenvalue weighted by Crippen LogP contribution is -2.43. The summed E-state index contributed by atoms with van der Waals surface area (Å²) >= 11 is 0. The lowest BCUT2D eigenvalue weighted by atomic mass is 10.1. The molecule has 0 bridgehead atoms. The van der Waals surface area contributed by atoms with Crippen molar-refractivity contribution in [3.05, 3.63) is 23.9 Å². The number of anilines is 1. The first-order valence-corrected chi connectivity index (χ1v) is 6.45. The van der Waals surface area contributed by atoms with Gasteiger partial charge in [0.2, 0.25) is 11.9 Å². The van der Waals surface area contributed by atoms with Crippen molar-refractivity contribution in [2.75, 3.05) is 18.9 Å². The minimum absolute atomic E-state index is 0.205. The van der Waals surface area contributed by atoms with Gasteiger partial charge in [0.05, 0.1) is 0 Å². The van der Waals surface area contributed by atoms with Gasteiger partial charge in [-0.2, -0.15) is 4.98 Å². The zero-order valence-corrected chi connectivity index (χ0v) is 11.1. The molecule has 2 aromatic heterocycles. The molecule has 1 amide bonds. The van der Waals surface area contributed by atoms with Gasteiger partial charge in [0.25, 0.3) is 0 Å². The van der Waals surface area contributed by atoms with Gasteiger partial charge in [-0.3, -0.25) is 4.79 Å². The highest BCUT2D eigenvalue weighted by molar-refractivity contribution is 5.76. The largest absolute Gasteiger partial charge is 0.348 e. The Morgan fingerprint density at radius 3 is 3.05 bits per heavy atom. The minimum atomic E-state index is 0.205. The van der Waals surface area contributed by atoms with Crippen LogP contribution in [0.5, 0.6) is 0 Å². The smallest absolute Gasteiger partial charge is 0.243 e. The van der Waals surface area contributed by atoms with Crippen LogP contribution in [0.2, 0.25) is 0 Å². The van der Waals surface area contributed by atoms with Crippen LogP contribution in [0.25, 0.3) is 5.65 Å². The van der Waals surface area contributed by atoms with Crippen molar-refractivity contribution in [1.29, 1.82) is 0 Å². The molecule has 6 heteroatoms. The van der Waals surface area contributed by atoms with E-state index in [1.807, 2.05) is 32.3 Å². The Hall–Kier alpha value is -2.11. The maximum absolute atomic E-state index is 11.4. The third-order valence-corrected chi connectivity index (χ3v) is 3.44. The summed E-state index contributed by atoms with van der Waals surface area (Å²) in [5.41, 5.74) is 1.97. The standard InChI is InChI=1S/C13H17N5O/c1-9-3-5-11-15-13(16-18(11)7-9)14-10-4-6-12(19)17(2)8-10/h3,5,7,10H,4,6,8H2,1-2H3,(H,14,16). The van der Waals surface area contributed by atoms with Gasteiger partial charge in [-0.1, -0.05) is 6.07 Å². The van der Waals surface area contributed by atoms with Gasteiger partial charge < -0.3 is 10.2 Å². The van der Waals surface area contributed by atoms with Crippen LogP contribution in [0, 0.1) is 6.92 Å². The highest BCUT2D eigenvalue weighted by atomic mass is 16.2. The number of hydrogen-bond acceptors (Lipinski definition) is 4. The summed E-state index contributed by atoms with van der Waals surface area (Å²) in [5.74, 6) is 0.829. The normalized spacial score (nSPS) is 20.0. The van der Waals surface area contributed by atoms with E-state index in [0.717, 1.165) is 17.6 Å². The van der Waals surface area contributed by atoms with Crippen molar-refractivity contribution in [3.8, 4) is 0 Å². The van der Waals surface area contributed by atoms with Crippen LogP contribution in [0.4, 0.5) is 5.95 Å². The molecule has 1 aliphatic heterocycles. The molecule has 100 valence electrons. The number of piperidine rings is 1. The number of pyridine rings is 1. The number of hydrogen-bond donors (Lipinski definition) is 1. The molecular formula is C13H17N5O. The van der Waals surface area contributed by atoms with Crippen LogP contribution in [0.1, 0.15) is 18.4 Å². The SMILES string of the molecule is Cc1ccc2nc(NC3CCC(=O)N(C)C3)nn2c1. The molecule has 1 aliphatic rings. The van der Waals surface area contributed by atoms with Crippen LogP contribution in [0.15, 0.2) is 18.3 Å². The summed E-state index contributed by atoms with van der Waals surface area (Å²) in [6.07, 6.45) is 3.36. The van der Waals surface area contributed by atoms with E-state index in [0.29, 0.717) is 18.9 Å². The molecule has 2 aromatic rings. The van der Waals surface area contributed by atoms with Crippen LogP contribution in [-0.2, 0) is 4.79 Å². The van der Waals surface area contributed by atoms with E-state index in [-0.39, 0.29) is 11.9 Å². The molecule has 0 spiro atoms. The van der Waals surface area contributed by atoms with Gasteiger partial charge in [0.15, 0.2) is 5.65 Å². The van der Waals surface area contributed by atoms with Crippen LogP contribution in [0.3, 0.4) is 0 Å². The van der Waals surface area contributed by atoms with Crippen molar-refractivity contribution < 1.29 is 4.79 Å². The zero-order valence-electron chi connectivity index (χ0n) is 11.1. The second kappa shape index (κ2) is 4.53. The number of fused-ring (bicyclic) bond motifs is 1. The summed E-state index contributed by atoms with van der Waals surface area (Å²) < 4.78 is 1.77. The van der Waals surface area contributed by atoms with Gasteiger partial charge in [0, 0.05) is 32.3 Å². The van der Waals surface area contributed by atoms with Gasteiger partial charge in [0.1, 0.15) is 0 Å². The fourth-order valence-corrected chi connectivity index (χ4v) is 2.36. The fraction of sp³-hybridized carbons (Fsp3) is 0.462. The highest BCUT2D eigenvalue weighted by Gasteiger charge is 2.23. The van der Waals surface area contributed by atoms with Crippen LogP contribution in [-0.4, -0.2) is 45.0 Å². The first kappa shape index (κ1) is 12.0. The summed E-state index contributed by atoms with van der Waals surface area (Å²) in [6.45, 7) is 2.73. The van der Waals surface area contributed by atoms with E-state index >= 15 is 0 Å². The minimum Gasteiger partial charge on any atom is -0.348 e. The van der Waals surface area contributed by atoms with Gasteiger partial charge in [-0.05, 0) is 25.0 Å². The first-order valence-electron chi connectivity index (χ1n) is 6.45. The summed E-state index contributed by atoms with van der Waals surface area (Å²) in [6, 6.07) is 4.19. The van der Waals surface area contributed by atoms with Crippen molar-refractivity contribution in [3.63, 3.8) is 0 Å². The zero-order chi connectivity index (χ0) is 13.4. The number of nitrogens with zero attached hydrogens (tertiary/aromatic N) is 4. The van der Waals surface area contributed by atoms with Crippen molar-refractivity contribution in [2.45, 2.75) is 25.8 Å². The van der Waals surface area contributed by atoms with E-state index in [9.17, 15) is 4.79 Å². The Balaban J connectivity index is 1.76. The molecule has 1 unspecified atom stereocenters. The number of likely N-dealkylation sites (tertiary alicyclic amines) is 1. The Morgan fingerprint density at radius 1 is 1.42 bits per heavy atom.